The first-order chi connectivity index (χ1) is 17.8. The van der Waals surface area contributed by atoms with Gasteiger partial charge < -0.3 is 14.5 Å². The van der Waals surface area contributed by atoms with Crippen LogP contribution in [0.1, 0.15) is 45.6 Å². The van der Waals surface area contributed by atoms with Crippen molar-refractivity contribution in [2.24, 2.45) is 5.92 Å². The molecule has 1 saturated heterocycles. The number of ether oxygens (including phenoxy) is 1. The van der Waals surface area contributed by atoms with Crippen LogP contribution < -0.4 is 15.7 Å². The van der Waals surface area contributed by atoms with Gasteiger partial charge in [0.25, 0.3) is 8.32 Å². The Morgan fingerprint density at radius 3 is 1.86 bits per heavy atom. The molecule has 37 heavy (non-hydrogen) atoms. The Morgan fingerprint density at radius 1 is 0.865 bits per heavy atom. The summed E-state index contributed by atoms with van der Waals surface area (Å²) in [4.78, 5) is 25.9. The third-order valence-electron chi connectivity index (χ3n) is 7.32. The van der Waals surface area contributed by atoms with E-state index >= 15 is 0 Å². The molecular weight excluding hydrogens is 478 g/mol. The smallest absolute Gasteiger partial charge is 0.306 e. The Hall–Kier alpha value is -3.22. The summed E-state index contributed by atoms with van der Waals surface area (Å²) in [5.41, 5.74) is 0.905. The summed E-state index contributed by atoms with van der Waals surface area (Å²) in [7, 11) is -2.79. The SMILES string of the molecule is CCOC(=O)C[C@@H]1[C@H](CO[Si](c2ccccc2)(c2ccccc2)C(C)(C)C)NC(=O)[C@@H]1c1ccccc1. The fraction of sp³-hybridized carbons (Fsp3) is 0.355. The first-order valence-electron chi connectivity index (χ1n) is 13.0. The van der Waals surface area contributed by atoms with Crippen LogP contribution in [0.4, 0.5) is 0 Å². The maximum Gasteiger partial charge on any atom is 0.306 e. The number of carbonyl (C=O) groups excluding carboxylic acids is 2. The molecule has 0 aromatic heterocycles. The zero-order valence-electron chi connectivity index (χ0n) is 22.1. The highest BCUT2D eigenvalue weighted by molar-refractivity contribution is 6.99. The zero-order valence-corrected chi connectivity index (χ0v) is 23.1. The van der Waals surface area contributed by atoms with E-state index in [-0.39, 0.29) is 35.3 Å². The second kappa shape index (κ2) is 11.4. The van der Waals surface area contributed by atoms with Crippen LogP contribution in [0.2, 0.25) is 5.04 Å². The fourth-order valence-electron chi connectivity index (χ4n) is 5.68. The number of benzene rings is 3. The zero-order chi connectivity index (χ0) is 26.5. The van der Waals surface area contributed by atoms with Crippen molar-refractivity contribution in [1.82, 2.24) is 5.32 Å². The van der Waals surface area contributed by atoms with Crippen molar-refractivity contribution in [3.05, 3.63) is 96.6 Å². The van der Waals surface area contributed by atoms with Crippen LogP contribution in [0, 0.1) is 5.92 Å². The summed E-state index contributed by atoms with van der Waals surface area (Å²) in [6, 6.07) is 30.3. The summed E-state index contributed by atoms with van der Waals surface area (Å²) in [5.74, 6) is -1.07. The highest BCUT2D eigenvalue weighted by Gasteiger charge is 2.52. The highest BCUT2D eigenvalue weighted by atomic mass is 28.4. The molecule has 1 fully saturated rings. The predicted molar refractivity (Wildman–Crippen MR) is 149 cm³/mol. The molecule has 194 valence electrons. The van der Waals surface area contributed by atoms with E-state index in [1.54, 1.807) is 6.92 Å². The van der Waals surface area contributed by atoms with Crippen molar-refractivity contribution in [2.45, 2.75) is 51.1 Å². The van der Waals surface area contributed by atoms with Crippen LogP contribution in [0.25, 0.3) is 0 Å². The van der Waals surface area contributed by atoms with E-state index in [4.69, 9.17) is 9.16 Å². The minimum Gasteiger partial charge on any atom is -0.466 e. The van der Waals surface area contributed by atoms with Crippen LogP contribution in [-0.4, -0.2) is 39.4 Å². The third kappa shape index (κ3) is 5.55. The van der Waals surface area contributed by atoms with Gasteiger partial charge in [-0.3, -0.25) is 9.59 Å². The van der Waals surface area contributed by atoms with E-state index in [0.717, 1.165) is 5.56 Å². The lowest BCUT2D eigenvalue weighted by Gasteiger charge is -2.43. The maximum absolute atomic E-state index is 13.3. The number of carbonyl (C=O) groups is 2. The van der Waals surface area contributed by atoms with Crippen LogP contribution in [-0.2, 0) is 18.8 Å². The Kier molecular flexibility index (Phi) is 8.30. The lowest BCUT2D eigenvalue weighted by Crippen LogP contribution is -2.67. The van der Waals surface area contributed by atoms with Gasteiger partial charge in [0.05, 0.1) is 31.6 Å². The molecule has 1 aliphatic rings. The van der Waals surface area contributed by atoms with Gasteiger partial charge in [-0.1, -0.05) is 112 Å². The Labute approximate surface area is 221 Å². The van der Waals surface area contributed by atoms with Crippen molar-refractivity contribution >= 4 is 30.6 Å². The summed E-state index contributed by atoms with van der Waals surface area (Å²) >= 11 is 0. The van der Waals surface area contributed by atoms with Crippen LogP contribution in [0.5, 0.6) is 0 Å². The molecule has 0 unspecified atom stereocenters. The van der Waals surface area contributed by atoms with Gasteiger partial charge in [0.2, 0.25) is 5.91 Å². The van der Waals surface area contributed by atoms with Crippen LogP contribution in [0.3, 0.4) is 0 Å². The normalized spacial score (nSPS) is 19.9. The number of hydrogen-bond acceptors (Lipinski definition) is 4. The maximum atomic E-state index is 13.3. The molecule has 1 heterocycles. The molecule has 1 N–H and O–H groups in total. The van der Waals surface area contributed by atoms with Crippen molar-refractivity contribution < 1.29 is 18.8 Å². The fourth-order valence-corrected chi connectivity index (χ4v) is 10.3. The third-order valence-corrected chi connectivity index (χ3v) is 12.3. The van der Waals surface area contributed by atoms with E-state index in [0.29, 0.717) is 13.2 Å². The topological polar surface area (TPSA) is 64.6 Å². The van der Waals surface area contributed by atoms with Gasteiger partial charge in [0, 0.05) is 5.92 Å². The van der Waals surface area contributed by atoms with Gasteiger partial charge in [0.15, 0.2) is 0 Å². The van der Waals surface area contributed by atoms with Gasteiger partial charge in [-0.15, -0.1) is 0 Å². The van der Waals surface area contributed by atoms with Gasteiger partial charge in [0.1, 0.15) is 0 Å². The average molecular weight is 516 g/mol. The molecule has 0 spiro atoms. The van der Waals surface area contributed by atoms with Crippen LogP contribution in [0.15, 0.2) is 91.0 Å². The monoisotopic (exact) mass is 515 g/mol. The average Bonchev–Trinajstić information content (AvgIpc) is 3.20. The minimum atomic E-state index is -2.79. The van der Waals surface area contributed by atoms with E-state index in [9.17, 15) is 9.59 Å². The molecule has 0 aliphatic carbocycles. The molecule has 1 amide bonds. The van der Waals surface area contributed by atoms with Gasteiger partial charge >= 0.3 is 5.97 Å². The lowest BCUT2D eigenvalue weighted by molar-refractivity contribution is -0.144. The molecule has 6 heteroatoms. The summed E-state index contributed by atoms with van der Waals surface area (Å²) < 4.78 is 12.4. The molecule has 3 atom stereocenters. The summed E-state index contributed by atoms with van der Waals surface area (Å²) in [6.07, 6.45) is 0.154. The lowest BCUT2D eigenvalue weighted by atomic mass is 9.83. The number of nitrogens with one attached hydrogen (secondary N) is 1. The van der Waals surface area contributed by atoms with Crippen LogP contribution >= 0.6 is 0 Å². The molecular formula is C31H37NO4Si. The summed E-state index contributed by atoms with van der Waals surface area (Å²) in [5, 5.41) is 5.35. The molecule has 3 aromatic carbocycles. The summed E-state index contributed by atoms with van der Waals surface area (Å²) in [6.45, 7) is 9.12. The second-order valence-electron chi connectivity index (χ2n) is 10.7. The van der Waals surface area contributed by atoms with Crippen molar-refractivity contribution in [3.63, 3.8) is 0 Å². The molecule has 4 rings (SSSR count). The standard InChI is InChI=1S/C31H37NO4Si/c1-5-35-28(33)21-26-27(32-30(34)29(26)23-15-9-6-10-16-23)22-36-37(31(2,3)4,24-17-11-7-12-18-24)25-19-13-8-14-20-25/h6-20,26-27,29H,5,21-22H2,1-4H3,(H,32,34)/t26-,27+,29-/m1/s1. The molecule has 1 aliphatic heterocycles. The van der Waals surface area contributed by atoms with E-state index < -0.39 is 14.2 Å². The van der Waals surface area contributed by atoms with E-state index in [1.165, 1.54) is 10.4 Å². The van der Waals surface area contributed by atoms with E-state index in [1.807, 2.05) is 42.5 Å². The van der Waals surface area contributed by atoms with E-state index in [2.05, 4.69) is 74.6 Å². The van der Waals surface area contributed by atoms with Gasteiger partial charge in [-0.2, -0.15) is 0 Å². The Balaban J connectivity index is 1.72. The van der Waals surface area contributed by atoms with Gasteiger partial charge in [-0.25, -0.2) is 0 Å². The Bertz CT molecular complexity index is 1140. The second-order valence-corrected chi connectivity index (χ2v) is 15.0. The quantitative estimate of drug-likeness (QED) is 0.339. The van der Waals surface area contributed by atoms with Crippen molar-refractivity contribution in [3.8, 4) is 0 Å². The predicted octanol–water partition coefficient (Wildman–Crippen LogP) is 4.41. The van der Waals surface area contributed by atoms with Crippen molar-refractivity contribution in [2.75, 3.05) is 13.2 Å². The largest absolute Gasteiger partial charge is 0.466 e. The molecule has 5 nitrogen and oxygen atoms in total. The van der Waals surface area contributed by atoms with Gasteiger partial charge in [-0.05, 0) is 27.9 Å². The first kappa shape index (κ1) is 26.8. The number of esters is 1. The first-order valence-corrected chi connectivity index (χ1v) is 14.9. The minimum absolute atomic E-state index is 0.0726. The highest BCUT2D eigenvalue weighted by Crippen LogP contribution is 2.39. The Morgan fingerprint density at radius 2 is 1.38 bits per heavy atom. The molecule has 0 bridgehead atoms. The number of rotatable bonds is 9. The molecule has 0 radical (unpaired) electrons. The van der Waals surface area contributed by atoms with Crippen molar-refractivity contribution in [1.29, 1.82) is 0 Å². The molecule has 0 saturated carbocycles. The molecule has 3 aromatic rings. The number of hydrogen-bond donors (Lipinski definition) is 1. The number of amides is 1.